The van der Waals surface area contributed by atoms with E-state index >= 15 is 0 Å². The first-order valence-corrected chi connectivity index (χ1v) is 10.7. The van der Waals surface area contributed by atoms with Crippen molar-refractivity contribution in [2.75, 3.05) is 20.3 Å². The van der Waals surface area contributed by atoms with E-state index in [1.165, 1.54) is 0 Å². The Balaban J connectivity index is 2.09. The Bertz CT molecular complexity index is 884. The second-order valence-electron chi connectivity index (χ2n) is 7.66. The van der Waals surface area contributed by atoms with E-state index in [4.69, 9.17) is 14.2 Å². The molecule has 0 saturated heterocycles. The minimum atomic E-state index is -0.479. The highest BCUT2D eigenvalue weighted by atomic mass is 16.5. The number of allylic oxidation sites excluding steroid dienone is 3. The first-order chi connectivity index (χ1) is 14.5. The molecule has 1 atom stereocenters. The number of hydrogen-bond donors (Lipinski definition) is 1. The summed E-state index contributed by atoms with van der Waals surface area (Å²) in [4.78, 5) is 25.9. The maximum atomic E-state index is 13.0. The van der Waals surface area contributed by atoms with Crippen molar-refractivity contribution in [1.82, 2.24) is 5.32 Å². The molecule has 1 aromatic carbocycles. The summed E-state index contributed by atoms with van der Waals surface area (Å²) in [5, 5.41) is 3.31. The van der Waals surface area contributed by atoms with Gasteiger partial charge in [-0.2, -0.15) is 0 Å². The van der Waals surface area contributed by atoms with E-state index in [0.717, 1.165) is 42.6 Å². The van der Waals surface area contributed by atoms with Crippen molar-refractivity contribution in [2.24, 2.45) is 0 Å². The summed E-state index contributed by atoms with van der Waals surface area (Å²) in [5.41, 5.74) is 3.62. The minimum absolute atomic E-state index is 0.0762. The summed E-state index contributed by atoms with van der Waals surface area (Å²) >= 11 is 0. The van der Waals surface area contributed by atoms with Gasteiger partial charge in [0.05, 0.1) is 25.9 Å². The Morgan fingerprint density at radius 3 is 2.60 bits per heavy atom. The quantitative estimate of drug-likeness (QED) is 0.637. The number of Topliss-reactive ketones (excluding diaryl/α,β-unsaturated/α-hetero) is 1. The number of ether oxygens (including phenoxy) is 3. The fraction of sp³-hybridized carbons (Fsp3) is 0.500. The maximum Gasteiger partial charge on any atom is 0.336 e. The van der Waals surface area contributed by atoms with Crippen molar-refractivity contribution in [1.29, 1.82) is 0 Å². The van der Waals surface area contributed by atoms with E-state index < -0.39 is 5.92 Å². The van der Waals surface area contributed by atoms with Crippen LogP contribution in [0.25, 0.3) is 0 Å². The van der Waals surface area contributed by atoms with Crippen molar-refractivity contribution in [3.05, 3.63) is 46.3 Å². The van der Waals surface area contributed by atoms with Gasteiger partial charge in [-0.05, 0) is 50.3 Å². The Morgan fingerprint density at radius 2 is 1.90 bits per heavy atom. The van der Waals surface area contributed by atoms with Gasteiger partial charge in [-0.1, -0.05) is 19.9 Å². The molecule has 0 saturated carbocycles. The van der Waals surface area contributed by atoms with Gasteiger partial charge in [0.15, 0.2) is 17.3 Å². The summed E-state index contributed by atoms with van der Waals surface area (Å²) in [6.07, 6.45) is 3.72. The largest absolute Gasteiger partial charge is 0.493 e. The summed E-state index contributed by atoms with van der Waals surface area (Å²) in [7, 11) is 1.59. The molecule has 0 radical (unpaired) electrons. The summed E-state index contributed by atoms with van der Waals surface area (Å²) in [5.74, 6) is 0.447. The highest BCUT2D eigenvalue weighted by Crippen LogP contribution is 2.44. The molecule has 0 spiro atoms. The van der Waals surface area contributed by atoms with Gasteiger partial charge in [0.2, 0.25) is 0 Å². The van der Waals surface area contributed by atoms with E-state index in [1.807, 2.05) is 39.0 Å². The lowest BCUT2D eigenvalue weighted by atomic mass is 9.75. The summed E-state index contributed by atoms with van der Waals surface area (Å²) in [6, 6.07) is 5.63. The number of carbonyl (C=O) groups excluding carboxylic acids is 2. The molecule has 2 aliphatic rings. The number of carbonyl (C=O) groups is 2. The molecule has 162 valence electrons. The normalized spacial score (nSPS) is 18.7. The molecular weight excluding hydrogens is 382 g/mol. The number of hydrogen-bond acceptors (Lipinski definition) is 6. The Hall–Kier alpha value is -2.76. The SMILES string of the molecule is CCCOC(=O)C1=C(C)NC2=C(C(=O)CCC2)C1c1ccc(OCCC)c(OC)c1. The number of esters is 1. The van der Waals surface area contributed by atoms with Crippen LogP contribution >= 0.6 is 0 Å². The van der Waals surface area contributed by atoms with Gasteiger partial charge in [-0.25, -0.2) is 4.79 Å². The third-order valence-electron chi connectivity index (χ3n) is 5.42. The van der Waals surface area contributed by atoms with Crippen molar-refractivity contribution in [3.8, 4) is 11.5 Å². The van der Waals surface area contributed by atoms with Crippen molar-refractivity contribution >= 4 is 11.8 Å². The van der Waals surface area contributed by atoms with Crippen LogP contribution in [0.5, 0.6) is 11.5 Å². The summed E-state index contributed by atoms with van der Waals surface area (Å²) < 4.78 is 16.8. The lowest BCUT2D eigenvalue weighted by molar-refractivity contribution is -0.139. The van der Waals surface area contributed by atoms with Crippen LogP contribution in [0, 0.1) is 0 Å². The van der Waals surface area contributed by atoms with Gasteiger partial charge in [0, 0.05) is 29.3 Å². The van der Waals surface area contributed by atoms with Gasteiger partial charge in [0.25, 0.3) is 0 Å². The third kappa shape index (κ3) is 4.37. The van der Waals surface area contributed by atoms with Crippen molar-refractivity contribution < 1.29 is 23.8 Å². The molecule has 0 fully saturated rings. The predicted octanol–water partition coefficient (Wildman–Crippen LogP) is 4.41. The second-order valence-corrected chi connectivity index (χ2v) is 7.66. The molecule has 1 aliphatic carbocycles. The molecule has 1 aromatic rings. The van der Waals surface area contributed by atoms with Crippen LogP contribution in [-0.4, -0.2) is 32.1 Å². The zero-order chi connectivity index (χ0) is 21.7. The van der Waals surface area contributed by atoms with Gasteiger partial charge in [-0.3, -0.25) is 4.79 Å². The van der Waals surface area contributed by atoms with E-state index in [2.05, 4.69) is 5.32 Å². The number of ketones is 1. The van der Waals surface area contributed by atoms with E-state index in [0.29, 0.717) is 42.3 Å². The second kappa shape index (κ2) is 9.83. The van der Waals surface area contributed by atoms with E-state index in [9.17, 15) is 9.59 Å². The van der Waals surface area contributed by atoms with Crippen molar-refractivity contribution in [2.45, 2.75) is 58.8 Å². The van der Waals surface area contributed by atoms with Crippen LogP contribution in [0.1, 0.15) is 64.4 Å². The lowest BCUT2D eigenvalue weighted by Gasteiger charge is -2.34. The number of nitrogens with one attached hydrogen (secondary N) is 1. The Morgan fingerprint density at radius 1 is 1.13 bits per heavy atom. The van der Waals surface area contributed by atoms with Crippen LogP contribution < -0.4 is 14.8 Å². The third-order valence-corrected chi connectivity index (χ3v) is 5.42. The number of dihydropyridines is 1. The number of rotatable bonds is 8. The molecule has 0 aromatic heterocycles. The molecular formula is C24H31NO5. The van der Waals surface area contributed by atoms with Crippen molar-refractivity contribution in [3.63, 3.8) is 0 Å². The average molecular weight is 414 g/mol. The monoisotopic (exact) mass is 413 g/mol. The molecule has 30 heavy (non-hydrogen) atoms. The molecule has 6 heteroatoms. The van der Waals surface area contributed by atoms with Gasteiger partial charge in [-0.15, -0.1) is 0 Å². The number of benzene rings is 1. The zero-order valence-electron chi connectivity index (χ0n) is 18.3. The fourth-order valence-corrected chi connectivity index (χ4v) is 4.05. The van der Waals surface area contributed by atoms with Gasteiger partial charge < -0.3 is 19.5 Å². The van der Waals surface area contributed by atoms with Crippen LogP contribution in [0.2, 0.25) is 0 Å². The molecule has 1 heterocycles. The first kappa shape index (κ1) is 21.9. The predicted molar refractivity (Wildman–Crippen MR) is 114 cm³/mol. The van der Waals surface area contributed by atoms with Crippen LogP contribution in [0.15, 0.2) is 40.7 Å². The van der Waals surface area contributed by atoms with Crippen LogP contribution in [0.3, 0.4) is 0 Å². The standard InChI is InChI=1S/C24H31NO5/c1-5-12-29-19-11-10-16(14-20(19)28-4)22-21(24(27)30-13-6-2)15(3)25-17-8-7-9-18(26)23(17)22/h10-11,14,22,25H,5-9,12-13H2,1-4H3. The molecule has 0 amide bonds. The highest BCUT2D eigenvalue weighted by molar-refractivity contribution is 6.03. The van der Waals surface area contributed by atoms with Crippen LogP contribution in [-0.2, 0) is 14.3 Å². The minimum Gasteiger partial charge on any atom is -0.493 e. The summed E-state index contributed by atoms with van der Waals surface area (Å²) in [6.45, 7) is 6.80. The first-order valence-electron chi connectivity index (χ1n) is 10.7. The zero-order valence-corrected chi connectivity index (χ0v) is 18.3. The Kier molecular flexibility index (Phi) is 7.19. The topological polar surface area (TPSA) is 73.9 Å². The average Bonchev–Trinajstić information content (AvgIpc) is 2.75. The number of methoxy groups -OCH3 is 1. The van der Waals surface area contributed by atoms with E-state index in [1.54, 1.807) is 7.11 Å². The molecule has 0 bridgehead atoms. The van der Waals surface area contributed by atoms with Gasteiger partial charge >= 0.3 is 5.97 Å². The molecule has 3 rings (SSSR count). The molecule has 1 aliphatic heterocycles. The van der Waals surface area contributed by atoms with Gasteiger partial charge in [0.1, 0.15) is 0 Å². The smallest absolute Gasteiger partial charge is 0.336 e. The Labute approximate surface area is 178 Å². The maximum absolute atomic E-state index is 13.0. The molecule has 1 unspecified atom stereocenters. The fourth-order valence-electron chi connectivity index (χ4n) is 4.05. The lowest BCUT2D eigenvalue weighted by Crippen LogP contribution is -2.34. The molecule has 1 N–H and O–H groups in total. The highest BCUT2D eigenvalue weighted by Gasteiger charge is 2.39. The van der Waals surface area contributed by atoms with E-state index in [-0.39, 0.29) is 11.8 Å². The van der Waals surface area contributed by atoms with Crippen LogP contribution in [0.4, 0.5) is 0 Å². The molecule has 6 nitrogen and oxygen atoms in total.